The van der Waals surface area contributed by atoms with Crippen LogP contribution in [0.2, 0.25) is 0 Å². The minimum atomic E-state index is -5.62. The van der Waals surface area contributed by atoms with Crippen molar-refractivity contribution in [3.63, 3.8) is 0 Å². The van der Waals surface area contributed by atoms with Crippen molar-refractivity contribution in [1.82, 2.24) is 5.32 Å². The fourth-order valence-electron chi connectivity index (χ4n) is 2.08. The minimum Gasteiger partial charge on any atom is -0.314 e. The maximum Gasteiger partial charge on any atom is 0.453 e. The Labute approximate surface area is 114 Å². The lowest BCUT2D eigenvalue weighted by atomic mass is 10.2. The van der Waals surface area contributed by atoms with Gasteiger partial charge in [-0.05, 0) is 32.2 Å². The van der Waals surface area contributed by atoms with Crippen LogP contribution in [0.4, 0.5) is 22.0 Å². The van der Waals surface area contributed by atoms with Gasteiger partial charge in [0.05, 0.1) is 11.5 Å². The van der Waals surface area contributed by atoms with Crippen molar-refractivity contribution in [2.75, 3.05) is 18.1 Å². The molecular weight excluding hydrogens is 305 g/mol. The Morgan fingerprint density at radius 2 is 1.75 bits per heavy atom. The lowest BCUT2D eigenvalue weighted by Crippen LogP contribution is -2.36. The largest absolute Gasteiger partial charge is 0.453 e. The van der Waals surface area contributed by atoms with Crippen molar-refractivity contribution in [2.24, 2.45) is 0 Å². The maximum absolute atomic E-state index is 12.6. The van der Waals surface area contributed by atoms with E-state index in [0.29, 0.717) is 6.42 Å². The van der Waals surface area contributed by atoms with Crippen LogP contribution in [0.15, 0.2) is 0 Å². The van der Waals surface area contributed by atoms with E-state index in [-0.39, 0.29) is 11.8 Å². The molecule has 0 aromatic carbocycles. The molecule has 0 amide bonds. The summed E-state index contributed by atoms with van der Waals surface area (Å²) in [5.74, 6) is -5.64. The zero-order chi connectivity index (χ0) is 15.4. The van der Waals surface area contributed by atoms with Gasteiger partial charge >= 0.3 is 12.1 Å². The van der Waals surface area contributed by atoms with Crippen molar-refractivity contribution in [1.29, 1.82) is 0 Å². The van der Waals surface area contributed by atoms with Crippen LogP contribution < -0.4 is 5.32 Å². The van der Waals surface area contributed by atoms with Gasteiger partial charge in [0.2, 0.25) is 0 Å². The summed E-state index contributed by atoms with van der Waals surface area (Å²) in [5.41, 5.74) is 0. The van der Waals surface area contributed by atoms with Gasteiger partial charge in [-0.1, -0.05) is 0 Å². The third-order valence-electron chi connectivity index (χ3n) is 3.30. The van der Waals surface area contributed by atoms with Gasteiger partial charge in [0, 0.05) is 12.5 Å². The van der Waals surface area contributed by atoms with Gasteiger partial charge in [0.1, 0.15) is 9.84 Å². The maximum atomic E-state index is 12.6. The number of hydrogen-bond acceptors (Lipinski definition) is 3. The van der Waals surface area contributed by atoms with E-state index in [1.807, 2.05) is 0 Å². The predicted molar refractivity (Wildman–Crippen MR) is 64.5 cm³/mol. The highest BCUT2D eigenvalue weighted by Crippen LogP contribution is 2.38. The number of alkyl halides is 5. The molecular formula is C11H18F5NO2S. The minimum absolute atomic E-state index is 0.0985. The normalized spacial score (nSPS) is 21.4. The topological polar surface area (TPSA) is 46.2 Å². The highest BCUT2D eigenvalue weighted by molar-refractivity contribution is 7.91. The van der Waals surface area contributed by atoms with Crippen molar-refractivity contribution in [2.45, 2.75) is 50.2 Å². The molecule has 1 heterocycles. The molecule has 1 N–H and O–H groups in total. The fourth-order valence-corrected chi connectivity index (χ4v) is 3.51. The molecule has 1 aliphatic rings. The number of sulfone groups is 1. The van der Waals surface area contributed by atoms with Gasteiger partial charge < -0.3 is 5.32 Å². The van der Waals surface area contributed by atoms with E-state index in [4.69, 9.17) is 0 Å². The van der Waals surface area contributed by atoms with E-state index < -0.39 is 40.5 Å². The van der Waals surface area contributed by atoms with Crippen LogP contribution in [0.25, 0.3) is 0 Å². The van der Waals surface area contributed by atoms with Gasteiger partial charge in [-0.15, -0.1) is 0 Å². The number of nitrogens with one attached hydrogen (secondary N) is 1. The molecule has 1 rings (SSSR count). The molecule has 0 unspecified atom stereocenters. The van der Waals surface area contributed by atoms with Gasteiger partial charge in [-0.3, -0.25) is 0 Å². The van der Waals surface area contributed by atoms with E-state index >= 15 is 0 Å². The molecule has 0 aromatic rings. The molecule has 1 atom stereocenters. The average molecular weight is 323 g/mol. The van der Waals surface area contributed by atoms with Crippen molar-refractivity contribution in [3.8, 4) is 0 Å². The smallest absolute Gasteiger partial charge is 0.314 e. The van der Waals surface area contributed by atoms with E-state index in [2.05, 4.69) is 5.32 Å². The predicted octanol–water partition coefficient (Wildman–Crippen LogP) is 2.52. The Bertz CT molecular complexity index is 402. The molecule has 0 spiro atoms. The zero-order valence-electron chi connectivity index (χ0n) is 10.8. The molecule has 9 heteroatoms. The SMILES string of the molecule is O=S(=O)(CCCC(F)(F)C(F)(F)F)CC[C@H]1CCCN1. The molecule has 3 nitrogen and oxygen atoms in total. The number of rotatable bonds is 7. The lowest BCUT2D eigenvalue weighted by Gasteiger charge is -2.19. The Morgan fingerprint density at radius 1 is 1.10 bits per heavy atom. The molecule has 0 aromatic heterocycles. The zero-order valence-corrected chi connectivity index (χ0v) is 11.7. The molecule has 1 aliphatic heterocycles. The molecule has 0 saturated carbocycles. The molecule has 120 valence electrons. The van der Waals surface area contributed by atoms with Crippen LogP contribution >= 0.6 is 0 Å². The van der Waals surface area contributed by atoms with Crippen LogP contribution in [0.3, 0.4) is 0 Å². The quantitative estimate of drug-likeness (QED) is 0.732. The first-order valence-corrected chi connectivity index (χ1v) is 8.24. The van der Waals surface area contributed by atoms with Crippen LogP contribution in [0.1, 0.15) is 32.1 Å². The first-order valence-electron chi connectivity index (χ1n) is 6.42. The molecule has 1 fully saturated rings. The Morgan fingerprint density at radius 3 is 2.25 bits per heavy atom. The average Bonchev–Trinajstić information content (AvgIpc) is 2.77. The first kappa shape index (κ1) is 17.6. The van der Waals surface area contributed by atoms with E-state index in [9.17, 15) is 30.4 Å². The second kappa shape index (κ2) is 6.55. The third kappa shape index (κ3) is 5.51. The summed E-state index contributed by atoms with van der Waals surface area (Å²) < 4.78 is 84.0. The Kier molecular flexibility index (Phi) is 5.77. The van der Waals surface area contributed by atoms with E-state index in [1.54, 1.807) is 0 Å². The highest BCUT2D eigenvalue weighted by atomic mass is 32.2. The molecule has 0 radical (unpaired) electrons. The summed E-state index contributed by atoms with van der Waals surface area (Å²) in [6, 6.07) is 0.0985. The lowest BCUT2D eigenvalue weighted by molar-refractivity contribution is -0.284. The summed E-state index contributed by atoms with van der Waals surface area (Å²) in [5, 5.41) is 3.10. The highest BCUT2D eigenvalue weighted by Gasteiger charge is 2.56. The summed E-state index contributed by atoms with van der Waals surface area (Å²) in [6.45, 7) is 0.822. The Hall–Kier alpha value is -0.440. The summed E-state index contributed by atoms with van der Waals surface area (Å²) in [4.78, 5) is 0. The van der Waals surface area contributed by atoms with Crippen molar-refractivity contribution >= 4 is 9.84 Å². The van der Waals surface area contributed by atoms with Crippen LogP contribution in [0.5, 0.6) is 0 Å². The van der Waals surface area contributed by atoms with Gasteiger partial charge in [0.25, 0.3) is 0 Å². The third-order valence-corrected chi connectivity index (χ3v) is 5.07. The van der Waals surface area contributed by atoms with E-state index in [1.165, 1.54) is 0 Å². The van der Waals surface area contributed by atoms with Gasteiger partial charge in [-0.2, -0.15) is 22.0 Å². The summed E-state index contributed by atoms with van der Waals surface area (Å²) in [7, 11) is -3.58. The second-order valence-corrected chi connectivity index (χ2v) is 7.34. The van der Waals surface area contributed by atoms with Crippen LogP contribution in [-0.4, -0.2) is 44.6 Å². The second-order valence-electron chi connectivity index (χ2n) is 5.04. The van der Waals surface area contributed by atoms with Crippen molar-refractivity contribution in [3.05, 3.63) is 0 Å². The Balaban J connectivity index is 2.32. The number of hydrogen-bond donors (Lipinski definition) is 1. The number of halogens is 5. The molecule has 0 bridgehead atoms. The molecule has 0 aliphatic carbocycles. The van der Waals surface area contributed by atoms with Crippen LogP contribution in [0, 0.1) is 0 Å². The monoisotopic (exact) mass is 323 g/mol. The van der Waals surface area contributed by atoms with Crippen LogP contribution in [-0.2, 0) is 9.84 Å². The van der Waals surface area contributed by atoms with Crippen molar-refractivity contribution < 1.29 is 30.4 Å². The first-order chi connectivity index (χ1) is 9.04. The summed E-state index contributed by atoms with van der Waals surface area (Å²) in [6.07, 6.45) is -5.60. The van der Waals surface area contributed by atoms with Gasteiger partial charge in [0.15, 0.2) is 0 Å². The molecule has 1 saturated heterocycles. The summed E-state index contributed by atoms with van der Waals surface area (Å²) >= 11 is 0. The fraction of sp³-hybridized carbons (Fsp3) is 1.00. The van der Waals surface area contributed by atoms with Gasteiger partial charge in [-0.25, -0.2) is 8.42 Å². The molecule has 20 heavy (non-hydrogen) atoms. The van der Waals surface area contributed by atoms with E-state index in [0.717, 1.165) is 19.4 Å². The standard InChI is InChI=1S/C11H18F5NO2S/c12-10(13,11(14,15)16)5-2-7-20(18,19)8-4-9-3-1-6-17-9/h9,17H,1-8H2/t9-/m1/s1.